The molecule has 2 heterocycles. The predicted octanol–water partition coefficient (Wildman–Crippen LogP) is 5.47. The molecule has 1 aliphatic rings. The van der Waals surface area contributed by atoms with E-state index in [1.54, 1.807) is 42.5 Å². The third kappa shape index (κ3) is 5.53. The highest BCUT2D eigenvalue weighted by Gasteiger charge is 2.27. The van der Waals surface area contributed by atoms with Crippen LogP contribution in [0.15, 0.2) is 83.4 Å². The minimum Gasteiger partial charge on any atom is -0.338 e. The number of aromatic nitrogens is 2. The molecule has 8 heteroatoms. The van der Waals surface area contributed by atoms with Gasteiger partial charge in [0.1, 0.15) is 0 Å². The first-order valence-electron chi connectivity index (χ1n) is 11.9. The zero-order valence-electron chi connectivity index (χ0n) is 19.6. The minimum absolute atomic E-state index is 0.0641. The predicted molar refractivity (Wildman–Crippen MR) is 138 cm³/mol. The molecule has 182 valence electrons. The fourth-order valence-corrected chi connectivity index (χ4v) is 4.48. The summed E-state index contributed by atoms with van der Waals surface area (Å²) >= 11 is 5.95. The van der Waals surface area contributed by atoms with Crippen molar-refractivity contribution < 1.29 is 14.1 Å². The summed E-state index contributed by atoms with van der Waals surface area (Å²) in [5.74, 6) is 0.758. The molecule has 0 saturated carbocycles. The number of piperidine rings is 1. The third-order valence-corrected chi connectivity index (χ3v) is 6.61. The summed E-state index contributed by atoms with van der Waals surface area (Å²) < 4.78 is 5.43. The number of nitrogens with zero attached hydrogens (tertiary/aromatic N) is 3. The van der Waals surface area contributed by atoms with Crippen molar-refractivity contribution in [3.05, 3.63) is 101 Å². The average Bonchev–Trinajstić information content (AvgIpc) is 3.38. The fourth-order valence-electron chi connectivity index (χ4n) is 4.35. The summed E-state index contributed by atoms with van der Waals surface area (Å²) in [4.78, 5) is 32.7. The molecule has 7 nitrogen and oxygen atoms in total. The van der Waals surface area contributed by atoms with Crippen LogP contribution < -0.4 is 5.32 Å². The molecule has 0 atom stereocenters. The molecule has 0 radical (unpaired) electrons. The fraction of sp³-hybridized carbons (Fsp3) is 0.214. The number of ketones is 1. The van der Waals surface area contributed by atoms with E-state index in [0.717, 1.165) is 18.7 Å². The molecule has 1 amide bonds. The summed E-state index contributed by atoms with van der Waals surface area (Å²) in [5, 5.41) is 7.71. The summed E-state index contributed by atoms with van der Waals surface area (Å²) in [5.41, 5.74) is 2.46. The second-order valence-corrected chi connectivity index (χ2v) is 9.24. The van der Waals surface area contributed by atoms with Crippen LogP contribution in [-0.2, 0) is 11.3 Å². The van der Waals surface area contributed by atoms with E-state index in [1.165, 1.54) is 0 Å². The second-order valence-electron chi connectivity index (χ2n) is 8.80. The number of carbonyl (C=O) groups is 2. The molecule has 0 aliphatic carbocycles. The number of hydrogen-bond acceptors (Lipinski definition) is 6. The Hall–Kier alpha value is -3.81. The van der Waals surface area contributed by atoms with Crippen LogP contribution in [0.5, 0.6) is 0 Å². The van der Waals surface area contributed by atoms with Crippen LogP contribution in [0.3, 0.4) is 0 Å². The van der Waals surface area contributed by atoms with Gasteiger partial charge in [-0.1, -0.05) is 59.2 Å². The van der Waals surface area contributed by atoms with E-state index in [0.29, 0.717) is 52.9 Å². The molecule has 3 aromatic carbocycles. The number of nitrogens with one attached hydrogen (secondary N) is 1. The van der Waals surface area contributed by atoms with Gasteiger partial charge in [-0.3, -0.25) is 14.5 Å². The lowest BCUT2D eigenvalue weighted by atomic mass is 9.95. The van der Waals surface area contributed by atoms with Gasteiger partial charge in [-0.2, -0.15) is 4.98 Å². The van der Waals surface area contributed by atoms with Crippen LogP contribution in [-0.4, -0.2) is 39.8 Å². The van der Waals surface area contributed by atoms with Crippen molar-refractivity contribution in [1.82, 2.24) is 15.0 Å². The van der Waals surface area contributed by atoms with Gasteiger partial charge in [-0.15, -0.1) is 0 Å². The van der Waals surface area contributed by atoms with Gasteiger partial charge < -0.3 is 9.84 Å². The summed E-state index contributed by atoms with van der Waals surface area (Å²) in [6.45, 7) is 2.01. The van der Waals surface area contributed by atoms with E-state index in [-0.39, 0.29) is 17.6 Å². The number of carbonyl (C=O) groups excluding carboxylic acids is 2. The van der Waals surface area contributed by atoms with Gasteiger partial charge in [-0.05, 0) is 62.3 Å². The van der Waals surface area contributed by atoms with Gasteiger partial charge >= 0.3 is 0 Å². The monoisotopic (exact) mass is 500 g/mol. The van der Waals surface area contributed by atoms with Crippen molar-refractivity contribution >= 4 is 29.0 Å². The summed E-state index contributed by atoms with van der Waals surface area (Å²) in [7, 11) is 0. The molecule has 0 unspecified atom stereocenters. The second kappa shape index (κ2) is 10.8. The number of halogens is 1. The van der Waals surface area contributed by atoms with E-state index in [4.69, 9.17) is 16.1 Å². The molecule has 1 N–H and O–H groups in total. The maximum absolute atomic E-state index is 13.0. The van der Waals surface area contributed by atoms with Gasteiger partial charge in [0, 0.05) is 27.6 Å². The molecule has 1 aliphatic heterocycles. The van der Waals surface area contributed by atoms with E-state index < -0.39 is 0 Å². The van der Waals surface area contributed by atoms with E-state index in [9.17, 15) is 9.59 Å². The van der Waals surface area contributed by atoms with Crippen molar-refractivity contribution in [2.45, 2.75) is 19.4 Å². The number of amides is 1. The summed E-state index contributed by atoms with van der Waals surface area (Å²) in [6, 6.07) is 23.5. The normalized spacial score (nSPS) is 14.5. The number of benzene rings is 3. The zero-order chi connectivity index (χ0) is 24.9. The lowest BCUT2D eigenvalue weighted by Gasteiger charge is -2.30. The van der Waals surface area contributed by atoms with Gasteiger partial charge in [0.15, 0.2) is 5.78 Å². The first kappa shape index (κ1) is 23.9. The van der Waals surface area contributed by atoms with Crippen molar-refractivity contribution in [2.24, 2.45) is 5.92 Å². The number of anilines is 1. The number of para-hydroxylation sites is 1. The highest BCUT2D eigenvalue weighted by atomic mass is 35.5. The first-order chi connectivity index (χ1) is 17.6. The van der Waals surface area contributed by atoms with Crippen LogP contribution in [0.2, 0.25) is 5.02 Å². The van der Waals surface area contributed by atoms with Crippen molar-refractivity contribution in [3.8, 4) is 11.4 Å². The minimum atomic E-state index is -0.131. The van der Waals surface area contributed by atoms with Crippen molar-refractivity contribution in [3.63, 3.8) is 0 Å². The first-order valence-corrected chi connectivity index (χ1v) is 12.2. The Morgan fingerprint density at radius 3 is 2.39 bits per heavy atom. The van der Waals surface area contributed by atoms with Gasteiger partial charge in [0.25, 0.3) is 0 Å². The Morgan fingerprint density at radius 1 is 0.944 bits per heavy atom. The highest BCUT2D eigenvalue weighted by molar-refractivity contribution is 6.30. The largest absolute Gasteiger partial charge is 0.338 e. The standard InChI is InChI=1S/C28H25ClN4O3/c29-22-12-10-20(11-13-22)27-31-25(36-32-27)18-33-16-14-21(15-17-33)28(35)30-24-9-5-4-8-23(24)26(34)19-6-2-1-3-7-19/h1-13,21H,14-18H2,(H,30,35). The van der Waals surface area contributed by atoms with Crippen molar-refractivity contribution in [1.29, 1.82) is 0 Å². The van der Waals surface area contributed by atoms with Crippen LogP contribution in [0.25, 0.3) is 11.4 Å². The Bertz CT molecular complexity index is 1350. The average molecular weight is 501 g/mol. The lowest BCUT2D eigenvalue weighted by molar-refractivity contribution is -0.121. The molecular formula is C28H25ClN4O3. The Morgan fingerprint density at radius 2 is 1.64 bits per heavy atom. The van der Waals surface area contributed by atoms with Gasteiger partial charge in [0.05, 0.1) is 12.2 Å². The quantitative estimate of drug-likeness (QED) is 0.338. The third-order valence-electron chi connectivity index (χ3n) is 6.35. The molecule has 1 fully saturated rings. The Kier molecular flexibility index (Phi) is 7.21. The maximum atomic E-state index is 13.0. The topological polar surface area (TPSA) is 88.3 Å². The van der Waals surface area contributed by atoms with Crippen molar-refractivity contribution in [2.75, 3.05) is 18.4 Å². The van der Waals surface area contributed by atoms with Crippen LogP contribution in [0.1, 0.15) is 34.7 Å². The lowest BCUT2D eigenvalue weighted by Crippen LogP contribution is -2.38. The highest BCUT2D eigenvalue weighted by Crippen LogP contribution is 2.25. The molecule has 4 aromatic rings. The van der Waals surface area contributed by atoms with Gasteiger partial charge in [0.2, 0.25) is 17.6 Å². The van der Waals surface area contributed by atoms with E-state index in [1.807, 2.05) is 36.4 Å². The molecular weight excluding hydrogens is 476 g/mol. The van der Waals surface area contributed by atoms with Crippen LogP contribution in [0, 0.1) is 5.92 Å². The smallest absolute Gasteiger partial charge is 0.241 e. The molecule has 36 heavy (non-hydrogen) atoms. The number of hydrogen-bond donors (Lipinski definition) is 1. The van der Waals surface area contributed by atoms with Crippen LogP contribution >= 0.6 is 11.6 Å². The number of likely N-dealkylation sites (tertiary alicyclic amines) is 1. The molecule has 5 rings (SSSR count). The SMILES string of the molecule is O=C(c1ccccc1)c1ccccc1NC(=O)C1CCN(Cc2nc(-c3ccc(Cl)cc3)no2)CC1. The zero-order valence-corrected chi connectivity index (χ0v) is 20.3. The maximum Gasteiger partial charge on any atom is 0.241 e. The Labute approximate surface area is 214 Å². The number of rotatable bonds is 7. The van der Waals surface area contributed by atoms with E-state index in [2.05, 4.69) is 20.4 Å². The molecule has 1 aromatic heterocycles. The Balaban J connectivity index is 1.17. The van der Waals surface area contributed by atoms with E-state index >= 15 is 0 Å². The molecule has 0 spiro atoms. The van der Waals surface area contributed by atoms with Gasteiger partial charge in [-0.25, -0.2) is 0 Å². The summed E-state index contributed by atoms with van der Waals surface area (Å²) in [6.07, 6.45) is 1.41. The van der Waals surface area contributed by atoms with Crippen LogP contribution in [0.4, 0.5) is 5.69 Å². The molecule has 0 bridgehead atoms. The molecule has 1 saturated heterocycles.